The fourth-order valence-electron chi connectivity index (χ4n) is 2.87. The minimum atomic E-state index is -4.56. The number of alkyl halides is 3. The van der Waals surface area contributed by atoms with Crippen LogP contribution in [0.4, 0.5) is 13.2 Å². The Balaban J connectivity index is 1.85. The summed E-state index contributed by atoms with van der Waals surface area (Å²) < 4.78 is 38.1. The monoisotopic (exact) mass is 341 g/mol. The van der Waals surface area contributed by atoms with Gasteiger partial charge in [0.05, 0.1) is 16.6 Å². The number of halogens is 3. The standard InChI is InChI=1S/C16H18F3N3O2/c1-9-8-22(6-5-15(9,2)24)13(23)10-3-4-11-12(7-10)21-14(20-11)16(17,18)19/h3-4,7,9,24H,5-6,8H2,1-2H3,(H,20,21)/t9?,15-/m0/s1. The SMILES string of the molecule is CC1CN(C(=O)c2ccc3nc(C(F)(F)F)[nH]c3c2)CC[C@]1(C)O. The number of nitrogens with zero attached hydrogens (tertiary/aromatic N) is 2. The Bertz CT molecular complexity index is 782. The van der Waals surface area contributed by atoms with Crippen LogP contribution in [0, 0.1) is 5.92 Å². The summed E-state index contributed by atoms with van der Waals surface area (Å²) in [7, 11) is 0. The molecule has 3 rings (SSSR count). The third-order valence-electron chi connectivity index (χ3n) is 4.73. The number of carbonyl (C=O) groups excluding carboxylic acids is 1. The summed E-state index contributed by atoms with van der Waals surface area (Å²) >= 11 is 0. The molecular formula is C16H18F3N3O2. The topological polar surface area (TPSA) is 69.2 Å². The fraction of sp³-hybridized carbons (Fsp3) is 0.500. The van der Waals surface area contributed by atoms with E-state index in [1.807, 2.05) is 6.92 Å². The van der Waals surface area contributed by atoms with Gasteiger partial charge in [0.25, 0.3) is 5.91 Å². The number of H-pyrrole nitrogens is 1. The van der Waals surface area contributed by atoms with Gasteiger partial charge in [0.2, 0.25) is 5.82 Å². The molecule has 2 atom stereocenters. The third-order valence-corrected chi connectivity index (χ3v) is 4.73. The molecule has 2 N–H and O–H groups in total. The van der Waals surface area contributed by atoms with Crippen LogP contribution in [0.15, 0.2) is 18.2 Å². The lowest BCUT2D eigenvalue weighted by molar-refractivity contribution is -0.144. The summed E-state index contributed by atoms with van der Waals surface area (Å²) in [5, 5.41) is 10.2. The predicted octanol–water partition coefficient (Wildman–Crippen LogP) is 2.81. The van der Waals surface area contributed by atoms with Crippen molar-refractivity contribution in [2.45, 2.75) is 32.0 Å². The normalized spacial score (nSPS) is 25.2. The highest BCUT2D eigenvalue weighted by atomic mass is 19.4. The first-order chi connectivity index (χ1) is 11.1. The number of aromatic amines is 1. The van der Waals surface area contributed by atoms with E-state index in [-0.39, 0.29) is 22.9 Å². The number of amides is 1. The zero-order chi connectivity index (χ0) is 17.7. The molecule has 130 valence electrons. The molecule has 0 saturated carbocycles. The minimum Gasteiger partial charge on any atom is -0.390 e. The molecule has 1 fully saturated rings. The number of rotatable bonds is 1. The van der Waals surface area contributed by atoms with Gasteiger partial charge >= 0.3 is 6.18 Å². The predicted molar refractivity (Wildman–Crippen MR) is 81.4 cm³/mol. The third kappa shape index (κ3) is 2.98. The van der Waals surface area contributed by atoms with Gasteiger partial charge in [0.15, 0.2) is 0 Å². The average Bonchev–Trinajstić information content (AvgIpc) is 2.92. The van der Waals surface area contributed by atoms with Crippen LogP contribution in [0.1, 0.15) is 36.5 Å². The van der Waals surface area contributed by atoms with Crippen molar-refractivity contribution in [2.24, 2.45) is 5.92 Å². The van der Waals surface area contributed by atoms with Gasteiger partial charge < -0.3 is 15.0 Å². The number of hydrogen-bond donors (Lipinski definition) is 2. The number of imidazole rings is 1. The minimum absolute atomic E-state index is 0.0806. The Morgan fingerprint density at radius 2 is 2.17 bits per heavy atom. The summed E-state index contributed by atoms with van der Waals surface area (Å²) in [5.74, 6) is -1.42. The molecule has 1 aromatic carbocycles. The Morgan fingerprint density at radius 1 is 1.46 bits per heavy atom. The molecule has 2 aromatic rings. The number of carbonyl (C=O) groups is 1. The van der Waals surface area contributed by atoms with E-state index in [4.69, 9.17) is 0 Å². The lowest BCUT2D eigenvalue weighted by atomic mass is 9.84. The largest absolute Gasteiger partial charge is 0.449 e. The van der Waals surface area contributed by atoms with Crippen LogP contribution < -0.4 is 0 Å². The second-order valence-corrected chi connectivity index (χ2v) is 6.57. The Labute approximate surface area is 136 Å². The molecule has 2 heterocycles. The number of aromatic nitrogens is 2. The lowest BCUT2D eigenvalue weighted by Crippen LogP contribution is -2.50. The molecule has 1 unspecified atom stereocenters. The molecule has 0 aliphatic carbocycles. The van der Waals surface area contributed by atoms with Crippen molar-refractivity contribution in [3.05, 3.63) is 29.6 Å². The van der Waals surface area contributed by atoms with E-state index in [2.05, 4.69) is 9.97 Å². The Kier molecular flexibility index (Phi) is 3.82. The summed E-state index contributed by atoms with van der Waals surface area (Å²) in [6, 6.07) is 4.26. The highest BCUT2D eigenvalue weighted by Crippen LogP contribution is 2.30. The van der Waals surface area contributed by atoms with Crippen LogP contribution in [0.5, 0.6) is 0 Å². The van der Waals surface area contributed by atoms with Crippen LogP contribution in [0.3, 0.4) is 0 Å². The fourth-order valence-corrected chi connectivity index (χ4v) is 2.87. The van der Waals surface area contributed by atoms with Gasteiger partial charge in [-0.05, 0) is 31.5 Å². The van der Waals surface area contributed by atoms with Crippen LogP contribution in [0.25, 0.3) is 11.0 Å². The number of benzene rings is 1. The number of hydrogen-bond acceptors (Lipinski definition) is 3. The molecule has 1 aliphatic heterocycles. The summed E-state index contributed by atoms with van der Waals surface area (Å²) in [6.45, 7) is 4.42. The first kappa shape index (κ1) is 16.8. The van der Waals surface area contributed by atoms with Crippen LogP contribution >= 0.6 is 0 Å². The first-order valence-electron chi connectivity index (χ1n) is 7.66. The van der Waals surface area contributed by atoms with Gasteiger partial charge in [-0.2, -0.15) is 13.2 Å². The number of fused-ring (bicyclic) bond motifs is 1. The van der Waals surface area contributed by atoms with Crippen molar-refractivity contribution < 1.29 is 23.1 Å². The number of likely N-dealkylation sites (tertiary alicyclic amines) is 1. The lowest BCUT2D eigenvalue weighted by Gasteiger charge is -2.41. The highest BCUT2D eigenvalue weighted by Gasteiger charge is 2.37. The number of aliphatic hydroxyl groups is 1. The zero-order valence-corrected chi connectivity index (χ0v) is 13.3. The molecule has 0 spiro atoms. The van der Waals surface area contributed by atoms with Crippen LogP contribution in [0.2, 0.25) is 0 Å². The van der Waals surface area contributed by atoms with Gasteiger partial charge in [-0.1, -0.05) is 6.92 Å². The van der Waals surface area contributed by atoms with E-state index in [0.29, 0.717) is 25.1 Å². The highest BCUT2D eigenvalue weighted by molar-refractivity contribution is 5.97. The molecule has 1 aromatic heterocycles. The smallest absolute Gasteiger partial charge is 0.390 e. The van der Waals surface area contributed by atoms with Gasteiger partial charge in [0, 0.05) is 24.6 Å². The molecular weight excluding hydrogens is 323 g/mol. The second-order valence-electron chi connectivity index (χ2n) is 6.57. The summed E-state index contributed by atoms with van der Waals surface area (Å²) in [6.07, 6.45) is -4.10. The van der Waals surface area contributed by atoms with Crippen molar-refractivity contribution in [1.82, 2.24) is 14.9 Å². The first-order valence-corrected chi connectivity index (χ1v) is 7.66. The Morgan fingerprint density at radius 3 is 2.79 bits per heavy atom. The van der Waals surface area contributed by atoms with Crippen molar-refractivity contribution >= 4 is 16.9 Å². The van der Waals surface area contributed by atoms with Crippen molar-refractivity contribution in [3.8, 4) is 0 Å². The summed E-state index contributed by atoms with van der Waals surface area (Å²) in [4.78, 5) is 19.9. The van der Waals surface area contributed by atoms with E-state index in [1.54, 1.807) is 11.8 Å². The number of nitrogens with one attached hydrogen (secondary N) is 1. The molecule has 5 nitrogen and oxygen atoms in total. The number of piperidine rings is 1. The maximum atomic E-state index is 12.7. The Hall–Kier alpha value is -2.09. The molecule has 8 heteroatoms. The van der Waals surface area contributed by atoms with E-state index in [0.717, 1.165) is 0 Å². The molecule has 1 aliphatic rings. The molecule has 0 bridgehead atoms. The van der Waals surface area contributed by atoms with E-state index in [1.165, 1.54) is 18.2 Å². The van der Waals surface area contributed by atoms with Gasteiger partial charge in [0.1, 0.15) is 0 Å². The van der Waals surface area contributed by atoms with Crippen molar-refractivity contribution in [1.29, 1.82) is 0 Å². The maximum Gasteiger partial charge on any atom is 0.449 e. The van der Waals surface area contributed by atoms with Gasteiger partial charge in [-0.25, -0.2) is 4.98 Å². The van der Waals surface area contributed by atoms with E-state index >= 15 is 0 Å². The summed E-state index contributed by atoms with van der Waals surface area (Å²) in [5.41, 5.74) is -0.182. The van der Waals surface area contributed by atoms with E-state index in [9.17, 15) is 23.1 Å². The maximum absolute atomic E-state index is 12.7. The molecule has 1 amide bonds. The second kappa shape index (κ2) is 5.47. The molecule has 24 heavy (non-hydrogen) atoms. The quantitative estimate of drug-likeness (QED) is 0.838. The van der Waals surface area contributed by atoms with Gasteiger partial charge in [-0.15, -0.1) is 0 Å². The van der Waals surface area contributed by atoms with Crippen LogP contribution in [-0.4, -0.2) is 44.6 Å². The van der Waals surface area contributed by atoms with Crippen molar-refractivity contribution in [3.63, 3.8) is 0 Å². The average molecular weight is 341 g/mol. The zero-order valence-electron chi connectivity index (χ0n) is 13.3. The molecule has 0 radical (unpaired) electrons. The van der Waals surface area contributed by atoms with E-state index < -0.39 is 17.6 Å². The molecule has 1 saturated heterocycles. The van der Waals surface area contributed by atoms with Crippen molar-refractivity contribution in [2.75, 3.05) is 13.1 Å². The van der Waals surface area contributed by atoms with Crippen LogP contribution in [-0.2, 0) is 6.18 Å². The van der Waals surface area contributed by atoms with Gasteiger partial charge in [-0.3, -0.25) is 4.79 Å².